The molecular formula is C32H41F2N7O3S. The van der Waals surface area contributed by atoms with Crippen LogP contribution in [0.1, 0.15) is 61.1 Å². The molecule has 1 amide bonds. The molecular weight excluding hydrogens is 600 g/mol. The molecule has 1 atom stereocenters. The quantitative estimate of drug-likeness (QED) is 0.263. The van der Waals surface area contributed by atoms with E-state index in [4.69, 9.17) is 4.74 Å². The summed E-state index contributed by atoms with van der Waals surface area (Å²) in [5.41, 5.74) is 3.72. The van der Waals surface area contributed by atoms with Gasteiger partial charge in [-0.2, -0.15) is 5.10 Å². The Bertz CT molecular complexity index is 1520. The smallest absolute Gasteiger partial charge is 0.258 e. The lowest BCUT2D eigenvalue weighted by Crippen LogP contribution is -2.42. The van der Waals surface area contributed by atoms with Gasteiger partial charge in [0.05, 0.1) is 10.5 Å². The zero-order chi connectivity index (χ0) is 31.5. The second-order valence-electron chi connectivity index (χ2n) is 12.3. The number of carbonyl (C=O) groups excluding carboxylic acids is 1. The number of fused-ring (bicyclic) bond motifs is 1. The monoisotopic (exact) mass is 641 g/mol. The Morgan fingerprint density at radius 3 is 2.42 bits per heavy atom. The number of benzene rings is 2. The van der Waals surface area contributed by atoms with Crippen LogP contribution in [0.3, 0.4) is 0 Å². The number of ether oxygens (including phenoxy) is 1. The third-order valence-electron chi connectivity index (χ3n) is 8.88. The SMILES string of the molecule is CC(C)N1CCC(Nc2ccc(C(=O)Nc3n[nH]c4c3CN(S(=O)c3cc(F)cc(F)c3)CC4)c(NC3CCOCC3)c2)CC1. The summed E-state index contributed by atoms with van der Waals surface area (Å²) < 4.78 is 48.0. The first-order valence-corrected chi connectivity index (χ1v) is 16.8. The number of anilines is 3. The first-order chi connectivity index (χ1) is 21.7. The van der Waals surface area contributed by atoms with Crippen LogP contribution in [0.25, 0.3) is 0 Å². The van der Waals surface area contributed by atoms with Crippen LogP contribution in [-0.2, 0) is 28.7 Å². The van der Waals surface area contributed by atoms with Gasteiger partial charge in [-0.3, -0.25) is 9.89 Å². The molecule has 4 N–H and O–H groups in total. The van der Waals surface area contributed by atoms with Crippen LogP contribution in [0.15, 0.2) is 41.3 Å². The van der Waals surface area contributed by atoms with E-state index in [1.54, 1.807) is 4.31 Å². The standard InChI is InChI=1S/C32H41F2N7O3S/c1-20(2)40-10-5-23(6-11-40)35-25-3-4-27(30(18-25)36-24-8-13-44-14-9-24)32(42)37-31-28-19-41(12-7-29(28)38-39-31)45(43)26-16-21(33)15-22(34)17-26/h3-4,15-18,20,23-24,35-36H,5-14,19H2,1-2H3,(H2,37,38,39,42). The summed E-state index contributed by atoms with van der Waals surface area (Å²) in [6.45, 7) is 8.52. The van der Waals surface area contributed by atoms with Crippen LogP contribution in [0.2, 0.25) is 0 Å². The first kappa shape index (κ1) is 31.6. The number of likely N-dealkylation sites (tertiary alicyclic amines) is 1. The summed E-state index contributed by atoms with van der Waals surface area (Å²) in [6.07, 6.45) is 4.31. The highest BCUT2D eigenvalue weighted by Gasteiger charge is 2.28. The fourth-order valence-corrected chi connectivity index (χ4v) is 7.51. The van der Waals surface area contributed by atoms with Crippen molar-refractivity contribution in [3.05, 3.63) is 64.9 Å². The van der Waals surface area contributed by atoms with Crippen molar-refractivity contribution in [2.24, 2.45) is 0 Å². The maximum atomic E-state index is 13.8. The molecule has 3 aliphatic heterocycles. The maximum Gasteiger partial charge on any atom is 0.258 e. The number of hydrogen-bond acceptors (Lipinski definition) is 7. The molecule has 0 aliphatic carbocycles. The van der Waals surface area contributed by atoms with Gasteiger partial charge < -0.3 is 25.6 Å². The number of aromatic amines is 1. The van der Waals surface area contributed by atoms with E-state index < -0.39 is 22.6 Å². The molecule has 13 heteroatoms. The van der Waals surface area contributed by atoms with E-state index >= 15 is 0 Å². The second kappa shape index (κ2) is 13.9. The summed E-state index contributed by atoms with van der Waals surface area (Å²) in [6, 6.07) is 9.80. The van der Waals surface area contributed by atoms with E-state index in [1.165, 1.54) is 0 Å². The molecule has 2 fully saturated rings. The normalized spacial score (nSPS) is 19.3. The number of aromatic nitrogens is 2. The van der Waals surface area contributed by atoms with Gasteiger partial charge in [0.25, 0.3) is 5.91 Å². The lowest BCUT2D eigenvalue weighted by molar-refractivity contribution is 0.0904. The molecule has 0 bridgehead atoms. The minimum atomic E-state index is -1.79. The Labute approximate surface area is 264 Å². The highest BCUT2D eigenvalue weighted by molar-refractivity contribution is 7.82. The maximum absolute atomic E-state index is 13.8. The first-order valence-electron chi connectivity index (χ1n) is 15.7. The number of amides is 1. The van der Waals surface area contributed by atoms with Gasteiger partial charge in [-0.15, -0.1) is 0 Å². The Morgan fingerprint density at radius 1 is 1.00 bits per heavy atom. The molecule has 2 saturated heterocycles. The summed E-state index contributed by atoms with van der Waals surface area (Å²) in [5, 5.41) is 17.6. The van der Waals surface area contributed by atoms with Gasteiger partial charge in [0.15, 0.2) is 5.82 Å². The average molecular weight is 642 g/mol. The van der Waals surface area contributed by atoms with E-state index in [-0.39, 0.29) is 23.4 Å². The van der Waals surface area contributed by atoms with Crippen LogP contribution in [0, 0.1) is 11.6 Å². The number of nitrogens with zero attached hydrogens (tertiary/aromatic N) is 3. The average Bonchev–Trinajstić information content (AvgIpc) is 3.42. The molecule has 3 aliphatic rings. The molecule has 0 spiro atoms. The van der Waals surface area contributed by atoms with Crippen molar-refractivity contribution in [1.29, 1.82) is 0 Å². The molecule has 1 unspecified atom stereocenters. The van der Waals surface area contributed by atoms with Crippen LogP contribution < -0.4 is 16.0 Å². The molecule has 0 radical (unpaired) electrons. The van der Waals surface area contributed by atoms with Crippen molar-refractivity contribution in [1.82, 2.24) is 19.4 Å². The van der Waals surface area contributed by atoms with Crippen molar-refractivity contribution in [3.63, 3.8) is 0 Å². The Balaban J connectivity index is 1.18. The molecule has 1 aromatic heterocycles. The minimum Gasteiger partial charge on any atom is -0.382 e. The number of carbonyl (C=O) groups is 1. The van der Waals surface area contributed by atoms with Crippen LogP contribution in [0.4, 0.5) is 26.0 Å². The van der Waals surface area contributed by atoms with Crippen molar-refractivity contribution in [3.8, 4) is 0 Å². The number of H-pyrrole nitrogens is 1. The summed E-state index contributed by atoms with van der Waals surface area (Å²) in [4.78, 5) is 16.3. The third-order valence-corrected chi connectivity index (χ3v) is 10.3. The van der Waals surface area contributed by atoms with Gasteiger partial charge in [0.2, 0.25) is 0 Å². The summed E-state index contributed by atoms with van der Waals surface area (Å²) in [7, 11) is -1.79. The molecule has 4 heterocycles. The molecule has 0 saturated carbocycles. The summed E-state index contributed by atoms with van der Waals surface area (Å²) >= 11 is 0. The summed E-state index contributed by atoms with van der Waals surface area (Å²) in [5.74, 6) is -1.54. The van der Waals surface area contributed by atoms with Crippen molar-refractivity contribution >= 4 is 34.1 Å². The van der Waals surface area contributed by atoms with Gasteiger partial charge in [0, 0.05) is 92.6 Å². The molecule has 3 aromatic rings. The van der Waals surface area contributed by atoms with E-state index in [2.05, 4.69) is 44.9 Å². The predicted octanol–water partition coefficient (Wildman–Crippen LogP) is 4.90. The van der Waals surface area contributed by atoms with E-state index in [9.17, 15) is 17.8 Å². The zero-order valence-electron chi connectivity index (χ0n) is 25.7. The van der Waals surface area contributed by atoms with E-state index in [0.717, 1.165) is 74.0 Å². The lowest BCUT2D eigenvalue weighted by Gasteiger charge is -2.35. The Hall–Kier alpha value is -3.39. The second-order valence-corrected chi connectivity index (χ2v) is 13.8. The molecule has 2 aromatic carbocycles. The molecule has 6 rings (SSSR count). The number of halogens is 2. The highest BCUT2D eigenvalue weighted by atomic mass is 32.2. The van der Waals surface area contributed by atoms with Gasteiger partial charge in [-0.1, -0.05) is 0 Å². The largest absolute Gasteiger partial charge is 0.382 e. The van der Waals surface area contributed by atoms with Crippen LogP contribution in [-0.4, -0.2) is 80.5 Å². The van der Waals surface area contributed by atoms with Gasteiger partial charge in [-0.25, -0.2) is 17.3 Å². The van der Waals surface area contributed by atoms with Crippen LogP contribution >= 0.6 is 0 Å². The lowest BCUT2D eigenvalue weighted by atomic mass is 10.0. The van der Waals surface area contributed by atoms with Crippen molar-refractivity contribution < 1.29 is 22.5 Å². The van der Waals surface area contributed by atoms with Crippen LogP contribution in [0.5, 0.6) is 0 Å². The number of nitrogens with one attached hydrogen (secondary N) is 4. The van der Waals surface area contributed by atoms with Gasteiger partial charge in [0.1, 0.15) is 22.6 Å². The predicted molar refractivity (Wildman–Crippen MR) is 171 cm³/mol. The third kappa shape index (κ3) is 7.54. The topological polar surface area (TPSA) is 115 Å². The fraction of sp³-hybridized carbons (Fsp3) is 0.500. The molecule has 242 valence electrons. The Kier molecular flexibility index (Phi) is 9.78. The van der Waals surface area contributed by atoms with E-state index in [1.807, 2.05) is 18.2 Å². The number of piperidine rings is 1. The Morgan fingerprint density at radius 2 is 1.71 bits per heavy atom. The van der Waals surface area contributed by atoms with E-state index in [0.29, 0.717) is 55.2 Å². The van der Waals surface area contributed by atoms with Crippen molar-refractivity contribution in [2.45, 2.75) is 75.5 Å². The zero-order valence-corrected chi connectivity index (χ0v) is 26.5. The molecule has 45 heavy (non-hydrogen) atoms. The van der Waals surface area contributed by atoms with Gasteiger partial charge in [-0.05, 0) is 69.9 Å². The minimum absolute atomic E-state index is 0.0491. The number of hydrogen-bond donors (Lipinski definition) is 4. The van der Waals surface area contributed by atoms with Gasteiger partial charge >= 0.3 is 0 Å². The fourth-order valence-electron chi connectivity index (χ4n) is 6.28. The van der Waals surface area contributed by atoms with Crippen molar-refractivity contribution in [2.75, 3.05) is 48.8 Å². The highest BCUT2D eigenvalue weighted by Crippen LogP contribution is 2.30. The molecule has 10 nitrogen and oxygen atoms in total. The number of rotatable bonds is 9.